The number of nitrogens with zero attached hydrogens (tertiary/aromatic N) is 7. The molecule has 12 heteroatoms. The van der Waals surface area contributed by atoms with E-state index in [2.05, 4.69) is 19.8 Å². The summed E-state index contributed by atoms with van der Waals surface area (Å²) in [7, 11) is 0. The first kappa shape index (κ1) is 30.3. The van der Waals surface area contributed by atoms with Gasteiger partial charge in [-0.05, 0) is 72.8 Å². The van der Waals surface area contributed by atoms with Gasteiger partial charge in [-0.1, -0.05) is 5.11 Å². The van der Waals surface area contributed by atoms with Crippen molar-refractivity contribution in [1.82, 2.24) is 19.6 Å². The van der Waals surface area contributed by atoms with Crippen molar-refractivity contribution in [2.45, 2.75) is 89.5 Å². The van der Waals surface area contributed by atoms with Crippen LogP contribution in [-0.2, 0) is 9.47 Å². The average molecular weight is 538 g/mol. The van der Waals surface area contributed by atoms with Gasteiger partial charge in [-0.25, -0.2) is 9.59 Å². The van der Waals surface area contributed by atoms with Crippen LogP contribution in [0.15, 0.2) is 5.11 Å². The molecule has 0 bridgehead atoms. The SMILES string of the molecule is CC(C)(C)OC(=O)N1CCN(C2(CN=[N+]=[N-])CC2)CC1.CC(C)(C)OC(=O)N1CCN(C2(CO)CC2)CC1. The quantitative estimate of drug-likeness (QED) is 0.322. The van der Waals surface area contributed by atoms with Gasteiger partial charge in [0.1, 0.15) is 11.2 Å². The lowest BCUT2D eigenvalue weighted by Gasteiger charge is -2.39. The number of amides is 2. The van der Waals surface area contributed by atoms with E-state index in [0.717, 1.165) is 51.9 Å². The minimum absolute atomic E-state index is 0.0278. The average Bonchev–Trinajstić information content (AvgIpc) is 3.77. The molecule has 0 aromatic rings. The zero-order valence-electron chi connectivity index (χ0n) is 24.1. The summed E-state index contributed by atoms with van der Waals surface area (Å²) >= 11 is 0. The summed E-state index contributed by atoms with van der Waals surface area (Å²) in [5.41, 5.74) is 7.65. The molecule has 0 aromatic carbocycles. The van der Waals surface area contributed by atoms with Crippen LogP contribution in [0.4, 0.5) is 9.59 Å². The van der Waals surface area contributed by atoms with Crippen LogP contribution in [0.25, 0.3) is 10.4 Å². The minimum Gasteiger partial charge on any atom is -0.444 e. The second kappa shape index (κ2) is 11.9. The van der Waals surface area contributed by atoms with Crippen LogP contribution in [-0.4, -0.2) is 125 Å². The number of hydrogen-bond acceptors (Lipinski definition) is 8. The summed E-state index contributed by atoms with van der Waals surface area (Å²) < 4.78 is 10.7. The first-order valence-electron chi connectivity index (χ1n) is 13.8. The molecular weight excluding hydrogens is 490 g/mol. The van der Waals surface area contributed by atoms with E-state index >= 15 is 0 Å². The second-order valence-electron chi connectivity index (χ2n) is 12.9. The number of piperazine rings is 2. The second-order valence-corrected chi connectivity index (χ2v) is 12.9. The Hall–Kier alpha value is -2.27. The molecule has 2 amide bonds. The lowest BCUT2D eigenvalue weighted by atomic mass is 10.2. The summed E-state index contributed by atoms with van der Waals surface area (Å²) in [4.78, 5) is 34.9. The summed E-state index contributed by atoms with van der Waals surface area (Å²) in [6.45, 7) is 18.1. The van der Waals surface area contributed by atoms with Crippen LogP contribution in [0.1, 0.15) is 67.2 Å². The third kappa shape index (κ3) is 8.36. The molecular formula is C26H47N7O5. The van der Waals surface area contributed by atoms with Gasteiger partial charge < -0.3 is 24.4 Å². The molecule has 0 radical (unpaired) electrons. The summed E-state index contributed by atoms with van der Waals surface area (Å²) in [5.74, 6) is 0. The molecule has 4 rings (SSSR count). The highest BCUT2D eigenvalue weighted by molar-refractivity contribution is 5.68. The largest absolute Gasteiger partial charge is 0.444 e. The van der Waals surface area contributed by atoms with Crippen molar-refractivity contribution < 1.29 is 24.2 Å². The predicted molar refractivity (Wildman–Crippen MR) is 144 cm³/mol. The van der Waals surface area contributed by atoms with Crippen LogP contribution in [0.3, 0.4) is 0 Å². The Morgan fingerprint density at radius 1 is 0.763 bits per heavy atom. The molecule has 2 aliphatic carbocycles. The molecule has 2 saturated heterocycles. The summed E-state index contributed by atoms with van der Waals surface area (Å²) in [6, 6.07) is 0. The van der Waals surface area contributed by atoms with Crippen LogP contribution in [0, 0.1) is 0 Å². The van der Waals surface area contributed by atoms with Gasteiger partial charge in [-0.3, -0.25) is 9.80 Å². The summed E-state index contributed by atoms with van der Waals surface area (Å²) in [5, 5.41) is 13.1. The van der Waals surface area contributed by atoms with Gasteiger partial charge in [0.15, 0.2) is 0 Å². The normalized spacial score (nSPS) is 22.9. The fourth-order valence-electron chi connectivity index (χ4n) is 4.98. The lowest BCUT2D eigenvalue weighted by Crippen LogP contribution is -2.54. The monoisotopic (exact) mass is 537 g/mol. The number of hydrogen-bond donors (Lipinski definition) is 1. The van der Waals surface area contributed by atoms with E-state index in [1.807, 2.05) is 41.5 Å². The van der Waals surface area contributed by atoms with E-state index in [9.17, 15) is 14.7 Å². The maximum atomic E-state index is 12.0. The predicted octanol–water partition coefficient (Wildman–Crippen LogP) is 3.45. The molecule has 2 heterocycles. The molecule has 0 aromatic heterocycles. The highest BCUT2D eigenvalue weighted by Gasteiger charge is 2.49. The van der Waals surface area contributed by atoms with Crippen molar-refractivity contribution in [1.29, 1.82) is 0 Å². The number of azide groups is 1. The molecule has 4 aliphatic rings. The van der Waals surface area contributed by atoms with Crippen LogP contribution < -0.4 is 0 Å². The smallest absolute Gasteiger partial charge is 0.410 e. The fraction of sp³-hybridized carbons (Fsp3) is 0.923. The first-order chi connectivity index (χ1) is 17.7. The van der Waals surface area contributed by atoms with Crippen LogP contribution in [0.2, 0.25) is 0 Å². The van der Waals surface area contributed by atoms with Gasteiger partial charge in [0, 0.05) is 74.9 Å². The maximum Gasteiger partial charge on any atom is 0.410 e. The molecule has 0 unspecified atom stereocenters. The number of aliphatic hydroxyl groups is 1. The Morgan fingerprint density at radius 2 is 1.13 bits per heavy atom. The molecule has 4 fully saturated rings. The summed E-state index contributed by atoms with van der Waals surface area (Å²) in [6.07, 6.45) is 3.86. The first-order valence-corrected chi connectivity index (χ1v) is 13.8. The van der Waals surface area contributed by atoms with Crippen LogP contribution >= 0.6 is 0 Å². The molecule has 0 spiro atoms. The Kier molecular flexibility index (Phi) is 9.45. The van der Waals surface area contributed by atoms with Crippen molar-refractivity contribution in [2.75, 3.05) is 65.5 Å². The van der Waals surface area contributed by atoms with E-state index in [0.29, 0.717) is 32.7 Å². The number of ether oxygens (including phenoxy) is 2. The molecule has 0 atom stereocenters. The van der Waals surface area contributed by atoms with Crippen molar-refractivity contribution in [2.24, 2.45) is 5.11 Å². The van der Waals surface area contributed by atoms with Gasteiger partial charge in [0.2, 0.25) is 0 Å². The van der Waals surface area contributed by atoms with Gasteiger partial charge in [0.25, 0.3) is 0 Å². The van der Waals surface area contributed by atoms with E-state index in [4.69, 9.17) is 15.0 Å². The number of aliphatic hydroxyl groups excluding tert-OH is 1. The highest BCUT2D eigenvalue weighted by Crippen LogP contribution is 2.43. The van der Waals surface area contributed by atoms with Gasteiger partial charge in [0.05, 0.1) is 6.61 Å². The molecule has 1 N–H and O–H groups in total. The lowest BCUT2D eigenvalue weighted by molar-refractivity contribution is 0.00350. The van der Waals surface area contributed by atoms with Crippen molar-refractivity contribution in [3.05, 3.63) is 10.4 Å². The standard InChI is InChI=1S/C13H23N5O2.C13H24N2O3/c1-12(2,3)20-11(19)17-6-8-18(9-7-17)13(4-5-13)10-15-16-14;1-12(2,3)18-11(17)14-6-8-15(9-7-14)13(10-16)4-5-13/h4-10H2,1-3H3;16H,4-10H2,1-3H3. The van der Waals surface area contributed by atoms with Crippen molar-refractivity contribution in [3.63, 3.8) is 0 Å². The zero-order chi connectivity index (χ0) is 28.2. The van der Waals surface area contributed by atoms with Gasteiger partial charge >= 0.3 is 12.2 Å². The van der Waals surface area contributed by atoms with E-state index < -0.39 is 11.2 Å². The third-order valence-electron chi connectivity index (χ3n) is 7.58. The van der Waals surface area contributed by atoms with E-state index in [1.54, 1.807) is 9.80 Å². The Bertz CT molecular complexity index is 869. The van der Waals surface area contributed by atoms with Gasteiger partial charge in [-0.15, -0.1) is 0 Å². The van der Waals surface area contributed by atoms with Crippen molar-refractivity contribution >= 4 is 12.2 Å². The van der Waals surface area contributed by atoms with Gasteiger partial charge in [-0.2, -0.15) is 0 Å². The Labute approximate surface area is 226 Å². The maximum absolute atomic E-state index is 12.0. The fourth-order valence-corrected chi connectivity index (χ4v) is 4.98. The van der Waals surface area contributed by atoms with Crippen molar-refractivity contribution in [3.8, 4) is 0 Å². The molecule has 12 nitrogen and oxygen atoms in total. The highest BCUT2D eigenvalue weighted by atomic mass is 16.6. The number of carbonyl (C=O) groups is 2. The number of rotatable bonds is 5. The molecule has 2 saturated carbocycles. The third-order valence-corrected chi connectivity index (χ3v) is 7.58. The molecule has 38 heavy (non-hydrogen) atoms. The molecule has 2 aliphatic heterocycles. The van der Waals surface area contributed by atoms with E-state index in [-0.39, 0.29) is 29.9 Å². The zero-order valence-corrected chi connectivity index (χ0v) is 24.1. The van der Waals surface area contributed by atoms with E-state index in [1.165, 1.54) is 0 Å². The number of carbonyl (C=O) groups excluding carboxylic acids is 2. The Balaban J connectivity index is 0.000000212. The topological polar surface area (TPSA) is 135 Å². The molecule has 216 valence electrons. The Morgan fingerprint density at radius 3 is 1.42 bits per heavy atom. The minimum atomic E-state index is -0.451. The van der Waals surface area contributed by atoms with Crippen LogP contribution in [0.5, 0.6) is 0 Å².